The minimum absolute atomic E-state index is 0.173. The molecule has 0 aliphatic carbocycles. The van der Waals surface area contributed by atoms with Crippen LogP contribution in [0.1, 0.15) is 28.4 Å². The molecule has 1 amide bonds. The molecule has 0 radical (unpaired) electrons. The van der Waals surface area contributed by atoms with Gasteiger partial charge in [-0.15, -0.1) is 0 Å². The Hall–Kier alpha value is -3.35. The summed E-state index contributed by atoms with van der Waals surface area (Å²) >= 11 is 7.37. The largest absolute Gasteiger partial charge is 0.348 e. The Kier molecular flexibility index (Phi) is 7.27. The van der Waals surface area contributed by atoms with Gasteiger partial charge in [0.25, 0.3) is 11.5 Å². The fraction of sp³-hybridized carbons (Fsp3) is 0.115. The molecule has 4 rings (SSSR count). The van der Waals surface area contributed by atoms with Crippen LogP contribution in [0.2, 0.25) is 5.02 Å². The van der Waals surface area contributed by atoms with Gasteiger partial charge in [0.15, 0.2) is 0 Å². The zero-order valence-corrected chi connectivity index (χ0v) is 19.6. The molecule has 166 valence electrons. The topological polar surface area (TPSA) is 64.0 Å². The second kappa shape index (κ2) is 10.5. The number of rotatable bonds is 7. The van der Waals surface area contributed by atoms with E-state index in [1.807, 2.05) is 36.4 Å². The summed E-state index contributed by atoms with van der Waals surface area (Å²) in [6.07, 6.45) is 0.986. The van der Waals surface area contributed by atoms with Crippen molar-refractivity contribution >= 4 is 29.3 Å². The van der Waals surface area contributed by atoms with Crippen molar-refractivity contribution in [2.45, 2.75) is 29.8 Å². The number of carbonyl (C=O) groups is 1. The van der Waals surface area contributed by atoms with E-state index in [2.05, 4.69) is 29.5 Å². The maximum atomic E-state index is 12.5. The summed E-state index contributed by atoms with van der Waals surface area (Å²) in [6, 6.07) is 25.6. The average molecular weight is 476 g/mol. The van der Waals surface area contributed by atoms with Crippen LogP contribution in [-0.4, -0.2) is 15.7 Å². The standard InChI is InChI=1S/C26H22ClN3O2S/c1-2-18-3-5-19(6-4-18)17-28-26(32)20-7-11-22(12-8-20)30-25(31)16-15-24(29-30)33-23-13-9-21(27)10-14-23/h3-16H,2,17H2,1H3,(H,28,32). The smallest absolute Gasteiger partial charge is 0.271 e. The van der Waals surface area contributed by atoms with Crippen molar-refractivity contribution < 1.29 is 4.79 Å². The Labute approximate surface area is 201 Å². The summed E-state index contributed by atoms with van der Waals surface area (Å²) in [5.41, 5.74) is 3.17. The fourth-order valence-electron chi connectivity index (χ4n) is 3.19. The zero-order valence-electron chi connectivity index (χ0n) is 18.0. The number of carbonyl (C=O) groups excluding carboxylic acids is 1. The highest BCUT2D eigenvalue weighted by atomic mass is 35.5. The van der Waals surface area contributed by atoms with E-state index in [-0.39, 0.29) is 11.5 Å². The molecule has 0 aliphatic rings. The molecule has 1 heterocycles. The lowest BCUT2D eigenvalue weighted by molar-refractivity contribution is 0.0951. The van der Waals surface area contributed by atoms with E-state index in [0.717, 1.165) is 16.9 Å². The number of hydrogen-bond acceptors (Lipinski definition) is 4. The summed E-state index contributed by atoms with van der Waals surface area (Å²) in [6.45, 7) is 2.56. The monoisotopic (exact) mass is 475 g/mol. The van der Waals surface area contributed by atoms with E-state index >= 15 is 0 Å². The predicted molar refractivity (Wildman–Crippen MR) is 132 cm³/mol. The van der Waals surface area contributed by atoms with Crippen LogP contribution in [0.3, 0.4) is 0 Å². The Morgan fingerprint density at radius 1 is 0.909 bits per heavy atom. The van der Waals surface area contributed by atoms with Gasteiger partial charge in [-0.1, -0.05) is 54.6 Å². The lowest BCUT2D eigenvalue weighted by Gasteiger charge is -2.09. The predicted octanol–water partition coefficient (Wildman–Crippen LogP) is 5.53. The quantitative estimate of drug-likeness (QED) is 0.381. The van der Waals surface area contributed by atoms with E-state index in [9.17, 15) is 9.59 Å². The van der Waals surface area contributed by atoms with E-state index in [1.54, 1.807) is 30.3 Å². The number of hydrogen-bond donors (Lipinski definition) is 1. The van der Waals surface area contributed by atoms with Crippen LogP contribution in [0.4, 0.5) is 0 Å². The van der Waals surface area contributed by atoms with Gasteiger partial charge in [0, 0.05) is 28.1 Å². The third-order valence-corrected chi connectivity index (χ3v) is 6.26. The summed E-state index contributed by atoms with van der Waals surface area (Å²) in [5.74, 6) is -0.173. The Balaban J connectivity index is 1.45. The van der Waals surface area contributed by atoms with Crippen LogP contribution in [0.15, 0.2) is 99.6 Å². The molecule has 4 aromatic rings. The van der Waals surface area contributed by atoms with Crippen molar-refractivity contribution in [1.82, 2.24) is 15.1 Å². The Morgan fingerprint density at radius 2 is 1.58 bits per heavy atom. The van der Waals surface area contributed by atoms with Crippen molar-refractivity contribution in [2.24, 2.45) is 0 Å². The van der Waals surface area contributed by atoms with Crippen molar-refractivity contribution in [3.63, 3.8) is 0 Å². The van der Waals surface area contributed by atoms with Crippen molar-refractivity contribution in [3.8, 4) is 5.69 Å². The van der Waals surface area contributed by atoms with Crippen molar-refractivity contribution in [1.29, 1.82) is 0 Å². The maximum Gasteiger partial charge on any atom is 0.271 e. The molecule has 33 heavy (non-hydrogen) atoms. The van der Waals surface area contributed by atoms with Gasteiger partial charge in [0.2, 0.25) is 0 Å². The SMILES string of the molecule is CCc1ccc(CNC(=O)c2ccc(-n3nc(Sc4ccc(Cl)cc4)ccc3=O)cc2)cc1. The van der Waals surface area contributed by atoms with Crippen LogP contribution < -0.4 is 10.9 Å². The lowest BCUT2D eigenvalue weighted by atomic mass is 10.1. The second-order valence-electron chi connectivity index (χ2n) is 7.38. The number of aromatic nitrogens is 2. The summed E-state index contributed by atoms with van der Waals surface area (Å²) in [4.78, 5) is 25.9. The number of nitrogens with zero attached hydrogens (tertiary/aromatic N) is 2. The van der Waals surface area contributed by atoms with Gasteiger partial charge in [-0.25, -0.2) is 0 Å². The fourth-order valence-corrected chi connectivity index (χ4v) is 4.09. The number of aryl methyl sites for hydroxylation is 1. The Bertz CT molecular complexity index is 1300. The molecule has 1 aromatic heterocycles. The van der Waals surface area contributed by atoms with Crippen LogP contribution in [0.25, 0.3) is 5.69 Å². The van der Waals surface area contributed by atoms with Crippen LogP contribution in [-0.2, 0) is 13.0 Å². The first-order chi connectivity index (χ1) is 16.0. The van der Waals surface area contributed by atoms with Gasteiger partial charge < -0.3 is 5.32 Å². The molecular formula is C26H22ClN3O2S. The molecule has 3 aromatic carbocycles. The van der Waals surface area contributed by atoms with E-state index in [4.69, 9.17) is 11.6 Å². The molecule has 7 heteroatoms. The molecule has 0 saturated heterocycles. The van der Waals surface area contributed by atoms with Crippen LogP contribution >= 0.6 is 23.4 Å². The summed E-state index contributed by atoms with van der Waals surface area (Å²) in [5, 5.41) is 8.72. The molecule has 0 aliphatic heterocycles. The van der Waals surface area contributed by atoms with Crippen LogP contribution in [0.5, 0.6) is 0 Å². The highest BCUT2D eigenvalue weighted by molar-refractivity contribution is 7.99. The van der Waals surface area contributed by atoms with Crippen LogP contribution in [0, 0.1) is 0 Å². The highest BCUT2D eigenvalue weighted by Gasteiger charge is 2.09. The molecule has 0 bridgehead atoms. The average Bonchev–Trinajstić information content (AvgIpc) is 2.85. The molecule has 0 unspecified atom stereocenters. The van der Waals surface area contributed by atoms with Gasteiger partial charge in [0.1, 0.15) is 5.03 Å². The third-order valence-electron chi connectivity index (χ3n) is 5.07. The van der Waals surface area contributed by atoms with E-state index in [1.165, 1.54) is 28.1 Å². The first kappa shape index (κ1) is 22.8. The summed E-state index contributed by atoms with van der Waals surface area (Å²) < 4.78 is 1.33. The first-order valence-corrected chi connectivity index (χ1v) is 11.7. The van der Waals surface area contributed by atoms with Gasteiger partial charge in [-0.3, -0.25) is 9.59 Å². The molecule has 0 saturated carbocycles. The number of nitrogens with one attached hydrogen (secondary N) is 1. The van der Waals surface area contributed by atoms with E-state index in [0.29, 0.717) is 27.8 Å². The van der Waals surface area contributed by atoms with Gasteiger partial charge in [0.05, 0.1) is 5.69 Å². The lowest BCUT2D eigenvalue weighted by Crippen LogP contribution is -2.23. The second-order valence-corrected chi connectivity index (χ2v) is 8.91. The number of benzene rings is 3. The molecule has 0 spiro atoms. The first-order valence-electron chi connectivity index (χ1n) is 10.5. The van der Waals surface area contributed by atoms with Crippen molar-refractivity contribution in [2.75, 3.05) is 0 Å². The van der Waals surface area contributed by atoms with Gasteiger partial charge >= 0.3 is 0 Å². The Morgan fingerprint density at radius 3 is 2.24 bits per heavy atom. The molecule has 1 N–H and O–H groups in total. The maximum absolute atomic E-state index is 12.5. The number of amides is 1. The van der Waals surface area contributed by atoms with E-state index < -0.39 is 0 Å². The number of halogens is 1. The van der Waals surface area contributed by atoms with Gasteiger partial charge in [-0.05, 0) is 72.1 Å². The molecular weight excluding hydrogens is 454 g/mol. The van der Waals surface area contributed by atoms with Crippen molar-refractivity contribution in [3.05, 3.63) is 117 Å². The molecule has 0 fully saturated rings. The zero-order chi connectivity index (χ0) is 23.2. The third kappa shape index (κ3) is 5.92. The minimum atomic E-state index is -0.247. The molecule has 5 nitrogen and oxygen atoms in total. The molecule has 0 atom stereocenters. The highest BCUT2D eigenvalue weighted by Crippen LogP contribution is 2.26. The minimum Gasteiger partial charge on any atom is -0.348 e. The van der Waals surface area contributed by atoms with Gasteiger partial charge in [-0.2, -0.15) is 9.78 Å². The normalized spacial score (nSPS) is 10.7. The summed E-state index contributed by atoms with van der Waals surface area (Å²) in [7, 11) is 0.